The number of sulfonamides is 1. The smallest absolute Gasteiger partial charge is 0.256 e. The minimum atomic E-state index is -3.57. The number of nitrogens with zero attached hydrogens (tertiary/aromatic N) is 6. The maximum Gasteiger partial charge on any atom is 0.256 e. The van der Waals surface area contributed by atoms with Crippen molar-refractivity contribution in [2.24, 2.45) is 5.92 Å². The highest BCUT2D eigenvalue weighted by molar-refractivity contribution is 9.10. The van der Waals surface area contributed by atoms with Crippen LogP contribution in [0.3, 0.4) is 0 Å². The molecule has 0 radical (unpaired) electrons. The Balaban J connectivity index is 1.38. The third kappa shape index (κ3) is 5.51. The number of hydrogen-bond donors (Lipinski definition) is 1. The van der Waals surface area contributed by atoms with Gasteiger partial charge in [0.15, 0.2) is 5.65 Å². The Bertz CT molecular complexity index is 1530. The Kier molecular flexibility index (Phi) is 7.38. The van der Waals surface area contributed by atoms with E-state index in [2.05, 4.69) is 43.4 Å². The number of carbonyl (C=O) groups excluding carboxylic acids is 1. The minimum Gasteiger partial charge on any atom is -0.378 e. The lowest BCUT2D eigenvalue weighted by atomic mass is 9.98. The zero-order chi connectivity index (χ0) is 28.0. The van der Waals surface area contributed by atoms with Crippen molar-refractivity contribution in [2.45, 2.75) is 32.2 Å². The molecule has 5 heterocycles. The normalized spacial score (nSPS) is 20.6. The molecule has 1 N–H and O–H groups in total. The van der Waals surface area contributed by atoms with Gasteiger partial charge in [0.25, 0.3) is 5.91 Å². The van der Waals surface area contributed by atoms with E-state index in [4.69, 9.17) is 14.8 Å². The summed E-state index contributed by atoms with van der Waals surface area (Å²) >= 11 is 3.44. The van der Waals surface area contributed by atoms with Crippen LogP contribution in [-0.2, 0) is 14.8 Å². The lowest BCUT2D eigenvalue weighted by molar-refractivity contribution is 0.0606. The predicted molar refractivity (Wildman–Crippen MR) is 158 cm³/mol. The molecule has 6 rings (SSSR count). The number of anilines is 3. The van der Waals surface area contributed by atoms with Gasteiger partial charge in [-0.3, -0.25) is 9.52 Å². The molecular weight excluding hydrogens is 598 g/mol. The van der Waals surface area contributed by atoms with Gasteiger partial charge in [-0.2, -0.15) is 9.61 Å². The largest absolute Gasteiger partial charge is 0.378 e. The first-order valence-electron chi connectivity index (χ1n) is 13.7. The lowest BCUT2D eigenvalue weighted by Crippen LogP contribution is -2.46. The zero-order valence-electron chi connectivity index (χ0n) is 22.7. The van der Waals surface area contributed by atoms with Crippen molar-refractivity contribution in [1.29, 1.82) is 0 Å². The number of hydrogen-bond acceptors (Lipinski definition) is 8. The van der Waals surface area contributed by atoms with E-state index in [1.54, 1.807) is 18.2 Å². The van der Waals surface area contributed by atoms with Crippen LogP contribution in [0.1, 0.15) is 48.3 Å². The second-order valence-corrected chi connectivity index (χ2v) is 13.7. The molecule has 11 nitrogen and oxygen atoms in total. The highest BCUT2D eigenvalue weighted by Crippen LogP contribution is 2.36. The van der Waals surface area contributed by atoms with E-state index < -0.39 is 10.0 Å². The van der Waals surface area contributed by atoms with E-state index in [-0.39, 0.29) is 17.6 Å². The maximum atomic E-state index is 14.0. The van der Waals surface area contributed by atoms with Gasteiger partial charge in [0.2, 0.25) is 10.0 Å². The van der Waals surface area contributed by atoms with Gasteiger partial charge in [-0.15, -0.1) is 0 Å². The number of amides is 1. The second kappa shape index (κ2) is 10.8. The minimum absolute atomic E-state index is 0.231. The van der Waals surface area contributed by atoms with Crippen molar-refractivity contribution in [3.05, 3.63) is 46.1 Å². The van der Waals surface area contributed by atoms with E-state index >= 15 is 0 Å². The summed E-state index contributed by atoms with van der Waals surface area (Å²) in [6.45, 7) is 7.63. The summed E-state index contributed by atoms with van der Waals surface area (Å²) in [6.07, 6.45) is 3.68. The molecule has 0 saturated carbocycles. The number of nitrogens with one attached hydrogen (secondary N) is 1. The fourth-order valence-corrected chi connectivity index (χ4v) is 6.75. The van der Waals surface area contributed by atoms with Crippen LogP contribution in [0.4, 0.5) is 17.3 Å². The topological polar surface area (TPSA) is 112 Å². The highest BCUT2D eigenvalue weighted by Gasteiger charge is 2.33. The molecule has 0 bridgehead atoms. The van der Waals surface area contributed by atoms with Gasteiger partial charge in [-0.05, 0) is 43.4 Å². The number of ether oxygens (including phenoxy) is 1. The number of piperidine rings is 1. The molecule has 2 aromatic heterocycles. The van der Waals surface area contributed by atoms with Crippen LogP contribution < -0.4 is 14.5 Å². The zero-order valence-corrected chi connectivity index (χ0v) is 25.1. The number of carbonyl (C=O) groups is 1. The van der Waals surface area contributed by atoms with Gasteiger partial charge in [0.05, 0.1) is 42.5 Å². The molecule has 40 heavy (non-hydrogen) atoms. The summed E-state index contributed by atoms with van der Waals surface area (Å²) in [7, 11) is -3.57. The van der Waals surface area contributed by atoms with Gasteiger partial charge in [0, 0.05) is 49.3 Å². The van der Waals surface area contributed by atoms with Gasteiger partial charge < -0.3 is 19.4 Å². The molecule has 0 aliphatic carbocycles. The predicted octanol–water partition coefficient (Wildman–Crippen LogP) is 3.52. The molecule has 3 fully saturated rings. The lowest BCUT2D eigenvalue weighted by Gasteiger charge is -2.39. The molecule has 1 aromatic carbocycles. The number of likely N-dealkylation sites (tertiary alicyclic amines) is 1. The number of halogens is 1. The van der Waals surface area contributed by atoms with Gasteiger partial charge in [0.1, 0.15) is 11.6 Å². The summed E-state index contributed by atoms with van der Waals surface area (Å²) in [5, 5.41) is 5.03. The van der Waals surface area contributed by atoms with E-state index in [9.17, 15) is 13.2 Å². The first kappa shape index (κ1) is 27.3. The van der Waals surface area contributed by atoms with E-state index in [0.717, 1.165) is 74.7 Å². The van der Waals surface area contributed by atoms with Crippen molar-refractivity contribution < 1.29 is 17.9 Å². The second-order valence-electron chi connectivity index (χ2n) is 11.0. The number of benzene rings is 1. The van der Waals surface area contributed by atoms with Crippen LogP contribution in [0, 0.1) is 5.92 Å². The van der Waals surface area contributed by atoms with E-state index in [1.165, 1.54) is 0 Å². The van der Waals surface area contributed by atoms with Crippen molar-refractivity contribution in [3.63, 3.8) is 0 Å². The fourth-order valence-electron chi connectivity index (χ4n) is 5.81. The summed E-state index contributed by atoms with van der Waals surface area (Å²) < 4.78 is 34.7. The average molecular weight is 633 g/mol. The van der Waals surface area contributed by atoms with Gasteiger partial charge in [-0.1, -0.05) is 22.9 Å². The van der Waals surface area contributed by atoms with Crippen LogP contribution in [-0.4, -0.2) is 86.0 Å². The third-order valence-electron chi connectivity index (χ3n) is 7.75. The highest BCUT2D eigenvalue weighted by atomic mass is 79.9. The molecular formula is C27H34BrN7O4S. The van der Waals surface area contributed by atoms with Crippen molar-refractivity contribution in [2.75, 3.05) is 66.7 Å². The Labute approximate surface area is 242 Å². The molecule has 1 amide bonds. The molecule has 3 aliphatic heterocycles. The van der Waals surface area contributed by atoms with Gasteiger partial charge in [-0.25, -0.2) is 13.4 Å². The Morgan fingerprint density at radius 3 is 2.58 bits per heavy atom. The molecule has 214 valence electrons. The standard InChI is InChI=1S/C27H34BrN7O4S/c1-18-16-33(17-18)24-15-26(32-9-11-39-12-10-32)35-25(29-24)14-22(30-35)23-5-3-4-8-34(23)27(36)20-13-19(28)6-7-21(20)31-40(2,37)38/h6-7,13-15,18,23,31H,3-5,8-12,16-17H2,1-2H3/t23-/m0/s1. The maximum absolute atomic E-state index is 14.0. The van der Waals surface area contributed by atoms with Crippen LogP contribution in [0.2, 0.25) is 0 Å². The SMILES string of the molecule is CC1CN(c2cc(N3CCOCC3)n3nc([C@@H]4CCCCN4C(=O)c4cc(Br)ccc4NS(C)(=O)=O)cc3n2)C1. The van der Waals surface area contributed by atoms with Crippen molar-refractivity contribution in [1.82, 2.24) is 19.5 Å². The molecule has 1 atom stereocenters. The number of fused-ring (bicyclic) bond motifs is 1. The van der Waals surface area contributed by atoms with E-state index in [1.807, 2.05) is 15.5 Å². The third-order valence-corrected chi connectivity index (χ3v) is 8.83. The molecule has 13 heteroatoms. The summed E-state index contributed by atoms with van der Waals surface area (Å²) in [6, 6.07) is 8.87. The number of rotatable bonds is 6. The van der Waals surface area contributed by atoms with Crippen LogP contribution in [0.5, 0.6) is 0 Å². The number of aromatic nitrogens is 3. The summed E-state index contributed by atoms with van der Waals surface area (Å²) in [5.74, 6) is 2.34. The first-order chi connectivity index (χ1) is 19.2. The molecule has 3 saturated heterocycles. The first-order valence-corrected chi connectivity index (χ1v) is 16.4. The molecule has 3 aliphatic rings. The summed E-state index contributed by atoms with van der Waals surface area (Å²) in [5.41, 5.74) is 2.11. The van der Waals surface area contributed by atoms with Crippen LogP contribution in [0.15, 0.2) is 34.8 Å². The summed E-state index contributed by atoms with van der Waals surface area (Å²) in [4.78, 5) is 25.4. The average Bonchev–Trinajstić information content (AvgIpc) is 3.35. The molecule has 3 aromatic rings. The fraction of sp³-hybridized carbons (Fsp3) is 0.519. The van der Waals surface area contributed by atoms with Crippen LogP contribution in [0.25, 0.3) is 5.65 Å². The molecule has 0 spiro atoms. The Morgan fingerprint density at radius 2 is 1.85 bits per heavy atom. The van der Waals surface area contributed by atoms with Crippen molar-refractivity contribution >= 4 is 54.8 Å². The monoisotopic (exact) mass is 631 g/mol. The van der Waals surface area contributed by atoms with E-state index in [0.29, 0.717) is 35.7 Å². The van der Waals surface area contributed by atoms with Gasteiger partial charge >= 0.3 is 0 Å². The Morgan fingerprint density at radius 1 is 1.07 bits per heavy atom. The van der Waals surface area contributed by atoms with Crippen molar-refractivity contribution in [3.8, 4) is 0 Å². The van der Waals surface area contributed by atoms with Crippen LogP contribution >= 0.6 is 15.9 Å². The quantitative estimate of drug-likeness (QED) is 0.440. The number of morpholine rings is 1. The molecule has 0 unspecified atom stereocenters. The Hall–Kier alpha value is -2.90.